The van der Waals surface area contributed by atoms with E-state index in [0.717, 1.165) is 23.1 Å². The van der Waals surface area contributed by atoms with Gasteiger partial charge < -0.3 is 0 Å². The minimum Gasteiger partial charge on any atom is -0.300 e. The summed E-state index contributed by atoms with van der Waals surface area (Å²) in [6, 6.07) is 2.34. The smallest absolute Gasteiger partial charge is 0.170 e. The molecule has 0 aliphatic heterocycles. The Bertz CT molecular complexity index is 398. The van der Waals surface area contributed by atoms with Gasteiger partial charge in [0.1, 0.15) is 11.4 Å². The summed E-state index contributed by atoms with van der Waals surface area (Å²) < 4.78 is 5.13. The lowest BCUT2D eigenvalue weighted by Crippen LogP contribution is -2.42. The monoisotopic (exact) mass is 270 g/mol. The van der Waals surface area contributed by atoms with E-state index >= 15 is 0 Å². The zero-order valence-electron chi connectivity index (χ0n) is 10.6. The Balaban J connectivity index is 2.54. The van der Waals surface area contributed by atoms with Crippen LogP contribution in [0.1, 0.15) is 33.0 Å². The molecule has 94 valence electrons. The number of aryl methyl sites for hydroxylation is 1. The Morgan fingerprint density at radius 1 is 1.65 bits per heavy atom. The van der Waals surface area contributed by atoms with Crippen LogP contribution in [0.15, 0.2) is 4.34 Å². The molecule has 1 heterocycles. The first-order valence-corrected chi connectivity index (χ1v) is 7.27. The summed E-state index contributed by atoms with van der Waals surface area (Å²) in [5, 5.41) is 12.8. The van der Waals surface area contributed by atoms with E-state index < -0.39 is 5.54 Å². The van der Waals surface area contributed by atoms with Gasteiger partial charge in [-0.05, 0) is 38.3 Å². The van der Waals surface area contributed by atoms with Gasteiger partial charge in [-0.3, -0.25) is 5.32 Å². The van der Waals surface area contributed by atoms with Crippen molar-refractivity contribution in [3.8, 4) is 6.07 Å². The Hall–Kier alpha value is -0.640. The van der Waals surface area contributed by atoms with Crippen molar-refractivity contribution < 1.29 is 0 Å². The van der Waals surface area contributed by atoms with Crippen LogP contribution >= 0.6 is 23.3 Å². The molecule has 0 saturated carbocycles. The molecular weight excluding hydrogens is 252 g/mol. The first-order chi connectivity index (χ1) is 7.99. The molecule has 2 unspecified atom stereocenters. The van der Waals surface area contributed by atoms with E-state index in [-0.39, 0.29) is 0 Å². The van der Waals surface area contributed by atoms with Crippen molar-refractivity contribution >= 4 is 23.3 Å². The maximum Gasteiger partial charge on any atom is 0.170 e. The summed E-state index contributed by atoms with van der Waals surface area (Å²) >= 11 is 3.11. The molecule has 0 fully saturated rings. The predicted molar refractivity (Wildman–Crippen MR) is 72.3 cm³/mol. The molecule has 0 amide bonds. The highest BCUT2D eigenvalue weighted by Crippen LogP contribution is 2.29. The Morgan fingerprint density at radius 3 is 2.82 bits per heavy atom. The molecule has 0 aliphatic carbocycles. The maximum atomic E-state index is 9.19. The number of hydrogen-bond acceptors (Lipinski definition) is 6. The van der Waals surface area contributed by atoms with Gasteiger partial charge in [-0.25, -0.2) is 4.98 Å². The first kappa shape index (κ1) is 14.4. The number of hydrogen-bond donors (Lipinski definition) is 1. The van der Waals surface area contributed by atoms with Gasteiger partial charge in [-0.2, -0.15) is 9.64 Å². The van der Waals surface area contributed by atoms with Crippen LogP contribution in [0.4, 0.5) is 0 Å². The second kappa shape index (κ2) is 6.34. The van der Waals surface area contributed by atoms with Gasteiger partial charge in [0, 0.05) is 5.25 Å². The zero-order chi connectivity index (χ0) is 12.9. The quantitative estimate of drug-likeness (QED) is 0.805. The van der Waals surface area contributed by atoms with Crippen molar-refractivity contribution in [1.82, 2.24) is 14.7 Å². The van der Waals surface area contributed by atoms with Crippen molar-refractivity contribution in [2.24, 2.45) is 0 Å². The van der Waals surface area contributed by atoms with E-state index in [1.807, 2.05) is 20.8 Å². The number of aromatic nitrogens is 2. The largest absolute Gasteiger partial charge is 0.300 e. The highest BCUT2D eigenvalue weighted by molar-refractivity contribution is 8.01. The fourth-order valence-electron chi connectivity index (χ4n) is 1.66. The third-order valence-electron chi connectivity index (χ3n) is 2.32. The molecule has 1 rings (SSSR count). The molecule has 0 radical (unpaired) electrons. The second-order valence-electron chi connectivity index (χ2n) is 4.21. The molecule has 0 aliphatic rings. The zero-order valence-corrected chi connectivity index (χ0v) is 12.3. The third kappa shape index (κ3) is 4.62. The van der Waals surface area contributed by atoms with Crippen molar-refractivity contribution in [2.75, 3.05) is 6.54 Å². The fourth-order valence-corrected chi connectivity index (χ4v) is 3.81. The summed E-state index contributed by atoms with van der Waals surface area (Å²) in [7, 11) is 0. The van der Waals surface area contributed by atoms with E-state index in [4.69, 9.17) is 0 Å². The van der Waals surface area contributed by atoms with Gasteiger partial charge in [-0.15, -0.1) is 0 Å². The summed E-state index contributed by atoms with van der Waals surface area (Å²) in [6.45, 7) is 8.78. The van der Waals surface area contributed by atoms with Gasteiger partial charge in [0.2, 0.25) is 0 Å². The Morgan fingerprint density at radius 2 is 2.35 bits per heavy atom. The molecule has 0 aromatic carbocycles. The van der Waals surface area contributed by atoms with Crippen molar-refractivity contribution in [1.29, 1.82) is 5.26 Å². The minimum absolute atomic E-state index is 0.339. The van der Waals surface area contributed by atoms with Crippen molar-refractivity contribution in [3.05, 3.63) is 5.82 Å². The number of nitrogens with one attached hydrogen (secondary N) is 1. The summed E-state index contributed by atoms with van der Waals surface area (Å²) in [4.78, 5) is 4.32. The maximum absolute atomic E-state index is 9.19. The van der Waals surface area contributed by atoms with Gasteiger partial charge in [0.15, 0.2) is 4.34 Å². The van der Waals surface area contributed by atoms with Crippen LogP contribution in [0, 0.1) is 18.3 Å². The first-order valence-electron chi connectivity index (χ1n) is 5.62. The molecule has 2 atom stereocenters. The molecule has 1 aromatic rings. The summed E-state index contributed by atoms with van der Waals surface area (Å²) in [5.41, 5.74) is -0.457. The van der Waals surface area contributed by atoms with Gasteiger partial charge in [-0.1, -0.05) is 25.6 Å². The van der Waals surface area contributed by atoms with E-state index in [2.05, 4.69) is 27.7 Å². The summed E-state index contributed by atoms with van der Waals surface area (Å²) in [6.07, 6.45) is 0.792. The molecule has 0 saturated heterocycles. The SMILES string of the molecule is CCNC(C)(C#N)CC(C)Sc1nc(C)ns1. The fraction of sp³-hybridized carbons (Fsp3) is 0.727. The number of nitriles is 1. The van der Waals surface area contributed by atoms with Crippen molar-refractivity contribution in [3.63, 3.8) is 0 Å². The van der Waals surface area contributed by atoms with Gasteiger partial charge in [0.25, 0.3) is 0 Å². The van der Waals surface area contributed by atoms with Crippen LogP contribution in [-0.2, 0) is 0 Å². The lowest BCUT2D eigenvalue weighted by Gasteiger charge is -2.25. The molecule has 17 heavy (non-hydrogen) atoms. The standard InChI is InChI=1S/C11H18N4S2/c1-5-13-11(4,7-12)6-8(2)16-10-14-9(3)15-17-10/h8,13H,5-6H2,1-4H3. The number of nitrogens with zero attached hydrogens (tertiary/aromatic N) is 3. The minimum atomic E-state index is -0.457. The van der Waals surface area contributed by atoms with Crippen LogP contribution in [-0.4, -0.2) is 26.7 Å². The van der Waals surface area contributed by atoms with E-state index in [1.54, 1.807) is 11.8 Å². The molecule has 4 nitrogen and oxygen atoms in total. The van der Waals surface area contributed by atoms with Gasteiger partial charge >= 0.3 is 0 Å². The normalized spacial score (nSPS) is 16.2. The van der Waals surface area contributed by atoms with Crippen molar-refractivity contribution in [2.45, 2.75) is 49.2 Å². The van der Waals surface area contributed by atoms with Gasteiger partial charge in [0.05, 0.1) is 6.07 Å². The second-order valence-corrected chi connectivity index (χ2v) is 6.65. The van der Waals surface area contributed by atoms with E-state index in [1.165, 1.54) is 11.5 Å². The lowest BCUT2D eigenvalue weighted by molar-refractivity contribution is 0.429. The van der Waals surface area contributed by atoms with E-state index in [0.29, 0.717) is 5.25 Å². The number of rotatable bonds is 6. The highest BCUT2D eigenvalue weighted by atomic mass is 32.2. The number of thioether (sulfide) groups is 1. The molecule has 1 aromatic heterocycles. The predicted octanol–water partition coefficient (Wildman–Crippen LogP) is 2.61. The molecular formula is C11H18N4S2. The molecule has 0 bridgehead atoms. The third-order valence-corrected chi connectivity index (χ3v) is 4.30. The lowest BCUT2D eigenvalue weighted by atomic mass is 9.98. The summed E-state index contributed by atoms with van der Waals surface area (Å²) in [5.74, 6) is 0.819. The molecule has 0 spiro atoms. The van der Waals surface area contributed by atoms with E-state index in [9.17, 15) is 5.26 Å². The van der Waals surface area contributed by atoms with Crippen LogP contribution in [0.5, 0.6) is 0 Å². The van der Waals surface area contributed by atoms with Crippen LogP contribution in [0.3, 0.4) is 0 Å². The average molecular weight is 270 g/mol. The van der Waals surface area contributed by atoms with Crippen LogP contribution < -0.4 is 5.32 Å². The highest BCUT2D eigenvalue weighted by Gasteiger charge is 2.26. The average Bonchev–Trinajstić information content (AvgIpc) is 2.64. The topological polar surface area (TPSA) is 61.6 Å². The molecule has 6 heteroatoms. The van der Waals surface area contributed by atoms with Crippen LogP contribution in [0.2, 0.25) is 0 Å². The Kier molecular flexibility index (Phi) is 5.37. The van der Waals surface area contributed by atoms with Crippen LogP contribution in [0.25, 0.3) is 0 Å². The Labute approximate surface area is 111 Å². The molecule has 1 N–H and O–H groups in total.